The molecule has 0 aromatic heterocycles. The molecule has 0 radical (unpaired) electrons. The summed E-state index contributed by atoms with van der Waals surface area (Å²) >= 11 is 6.38. The third kappa shape index (κ3) is 5.45. The van der Waals surface area contributed by atoms with Crippen LogP contribution in [0.25, 0.3) is 10.8 Å². The molecule has 7 nitrogen and oxygen atoms in total. The molecule has 0 saturated heterocycles. The number of amides is 2. The minimum absolute atomic E-state index is 0.0976. The molecule has 0 saturated carbocycles. The summed E-state index contributed by atoms with van der Waals surface area (Å²) in [5.74, 6) is -0.417. The average molecular weight is 542 g/mol. The fraction of sp³-hybridized carbons (Fsp3) is 0.357. The average Bonchev–Trinajstić information content (AvgIpc) is 3.11. The third-order valence-electron chi connectivity index (χ3n) is 6.67. The maximum absolute atomic E-state index is 13.5. The Kier molecular flexibility index (Phi) is 8.39. The quantitative estimate of drug-likeness (QED) is 0.365. The number of hydrogen-bond acceptors (Lipinski definition) is 4. The van der Waals surface area contributed by atoms with Crippen molar-refractivity contribution < 1.29 is 18.0 Å². The van der Waals surface area contributed by atoms with Gasteiger partial charge >= 0.3 is 0 Å². The van der Waals surface area contributed by atoms with Gasteiger partial charge < -0.3 is 10.2 Å². The first kappa shape index (κ1) is 26.9. The zero-order valence-electron chi connectivity index (χ0n) is 21.1. The van der Waals surface area contributed by atoms with Gasteiger partial charge in [-0.15, -0.1) is 0 Å². The van der Waals surface area contributed by atoms with Crippen molar-refractivity contribution >= 4 is 49.9 Å². The van der Waals surface area contributed by atoms with Crippen LogP contribution in [0.3, 0.4) is 0 Å². The summed E-state index contributed by atoms with van der Waals surface area (Å²) in [7, 11) is -3.69. The van der Waals surface area contributed by atoms with Crippen LogP contribution in [-0.4, -0.2) is 44.3 Å². The molecule has 1 aliphatic heterocycles. The standard InChI is InChI=1S/C28H32ClN3O4S/c1-3-17-30-28(34)23(4-2)31(19-21-10-5-6-13-22(21)29)26(33)16-9-18-32-24-14-7-11-20-12-8-15-25(27(20)24)37(32,35)36/h5-8,10-15,23H,3-4,9,16-19H2,1-2H3,(H,30,34). The molecule has 1 N–H and O–H groups in total. The van der Waals surface area contributed by atoms with E-state index < -0.39 is 16.1 Å². The molecule has 196 valence electrons. The number of sulfonamides is 1. The lowest BCUT2D eigenvalue weighted by Gasteiger charge is -2.31. The van der Waals surface area contributed by atoms with Crippen LogP contribution in [0.5, 0.6) is 0 Å². The van der Waals surface area contributed by atoms with E-state index in [1.165, 1.54) is 4.31 Å². The summed E-state index contributed by atoms with van der Waals surface area (Å²) in [5.41, 5.74) is 1.39. The smallest absolute Gasteiger partial charge is 0.265 e. The summed E-state index contributed by atoms with van der Waals surface area (Å²) in [5, 5.41) is 5.01. The van der Waals surface area contributed by atoms with Gasteiger partial charge in [0.1, 0.15) is 6.04 Å². The van der Waals surface area contributed by atoms with E-state index in [1.54, 1.807) is 29.2 Å². The van der Waals surface area contributed by atoms with Crippen molar-refractivity contribution in [1.29, 1.82) is 0 Å². The van der Waals surface area contributed by atoms with Crippen molar-refractivity contribution in [3.63, 3.8) is 0 Å². The zero-order chi connectivity index (χ0) is 26.6. The molecule has 0 fully saturated rings. The van der Waals surface area contributed by atoms with Gasteiger partial charge in [-0.2, -0.15) is 0 Å². The van der Waals surface area contributed by atoms with Gasteiger partial charge in [0.2, 0.25) is 11.8 Å². The van der Waals surface area contributed by atoms with Crippen LogP contribution in [0.15, 0.2) is 65.6 Å². The number of hydrogen-bond donors (Lipinski definition) is 1. The number of nitrogens with one attached hydrogen (secondary N) is 1. The van der Waals surface area contributed by atoms with Crippen LogP contribution in [-0.2, 0) is 26.2 Å². The summed E-state index contributed by atoms with van der Waals surface area (Å²) in [6, 6.07) is 17.4. The van der Waals surface area contributed by atoms with Crippen molar-refractivity contribution in [2.75, 3.05) is 17.4 Å². The number of halogens is 1. The Bertz CT molecular complexity index is 1400. The largest absolute Gasteiger partial charge is 0.354 e. The first-order valence-corrected chi connectivity index (χ1v) is 14.5. The van der Waals surface area contributed by atoms with Crippen LogP contribution in [0, 0.1) is 0 Å². The van der Waals surface area contributed by atoms with Crippen LogP contribution in [0.1, 0.15) is 45.1 Å². The van der Waals surface area contributed by atoms with Crippen LogP contribution < -0.4 is 9.62 Å². The molecule has 2 amide bonds. The Balaban J connectivity index is 1.52. The highest BCUT2D eigenvalue weighted by Gasteiger charge is 2.35. The van der Waals surface area contributed by atoms with Gasteiger partial charge in [-0.3, -0.25) is 13.9 Å². The Hall–Kier alpha value is -3.10. The van der Waals surface area contributed by atoms with E-state index in [0.717, 1.165) is 22.8 Å². The summed E-state index contributed by atoms with van der Waals surface area (Å²) in [4.78, 5) is 28.3. The van der Waals surface area contributed by atoms with E-state index in [2.05, 4.69) is 5.32 Å². The Morgan fingerprint density at radius 2 is 1.76 bits per heavy atom. The van der Waals surface area contributed by atoms with E-state index in [0.29, 0.717) is 35.0 Å². The van der Waals surface area contributed by atoms with Crippen molar-refractivity contribution in [2.45, 2.75) is 57.0 Å². The van der Waals surface area contributed by atoms with E-state index in [4.69, 9.17) is 11.6 Å². The molecule has 1 atom stereocenters. The van der Waals surface area contributed by atoms with Gasteiger partial charge in [-0.05, 0) is 48.4 Å². The van der Waals surface area contributed by atoms with Gasteiger partial charge in [0.25, 0.3) is 10.0 Å². The maximum Gasteiger partial charge on any atom is 0.265 e. The predicted molar refractivity (Wildman–Crippen MR) is 147 cm³/mol. The second-order valence-corrected chi connectivity index (χ2v) is 11.4. The van der Waals surface area contributed by atoms with E-state index in [9.17, 15) is 18.0 Å². The number of nitrogens with zero attached hydrogens (tertiary/aromatic N) is 2. The fourth-order valence-corrected chi connectivity index (χ4v) is 6.76. The molecule has 9 heteroatoms. The number of benzene rings is 3. The molecule has 3 aromatic rings. The van der Waals surface area contributed by atoms with Gasteiger partial charge in [-0.1, -0.05) is 67.9 Å². The van der Waals surface area contributed by atoms with Gasteiger partial charge in [-0.25, -0.2) is 8.42 Å². The molecule has 37 heavy (non-hydrogen) atoms. The summed E-state index contributed by atoms with van der Waals surface area (Å²) in [6.07, 6.45) is 1.65. The third-order valence-corrected chi connectivity index (χ3v) is 8.89. The normalized spacial score (nSPS) is 14.5. The number of rotatable bonds is 11. The molecule has 0 spiro atoms. The number of carbonyl (C=O) groups excluding carboxylic acids is 2. The van der Waals surface area contributed by atoms with E-state index in [-0.39, 0.29) is 31.3 Å². The molecule has 0 bridgehead atoms. The molecular weight excluding hydrogens is 510 g/mol. The molecule has 1 unspecified atom stereocenters. The van der Waals surface area contributed by atoms with Crippen molar-refractivity contribution in [1.82, 2.24) is 10.2 Å². The SMILES string of the molecule is CCCNC(=O)C(CC)N(Cc1ccccc1Cl)C(=O)CCCN1c2cccc3cccc(c23)S1(=O)=O. The highest BCUT2D eigenvalue weighted by molar-refractivity contribution is 7.93. The van der Waals surface area contributed by atoms with Gasteiger partial charge in [0.05, 0.1) is 10.6 Å². The van der Waals surface area contributed by atoms with Crippen molar-refractivity contribution in [2.24, 2.45) is 0 Å². The Morgan fingerprint density at radius 1 is 1.03 bits per heavy atom. The molecule has 1 heterocycles. The number of anilines is 1. The van der Waals surface area contributed by atoms with Crippen LogP contribution in [0.4, 0.5) is 5.69 Å². The van der Waals surface area contributed by atoms with Gasteiger partial charge in [0.15, 0.2) is 0 Å². The predicted octanol–water partition coefficient (Wildman–Crippen LogP) is 5.12. The monoisotopic (exact) mass is 541 g/mol. The minimum Gasteiger partial charge on any atom is -0.354 e. The second kappa shape index (κ2) is 11.5. The van der Waals surface area contributed by atoms with Crippen LogP contribution in [0.2, 0.25) is 5.02 Å². The number of carbonyl (C=O) groups is 2. The Morgan fingerprint density at radius 3 is 2.46 bits per heavy atom. The van der Waals surface area contributed by atoms with Crippen LogP contribution >= 0.6 is 11.6 Å². The second-order valence-electron chi connectivity index (χ2n) is 9.14. The summed E-state index contributed by atoms with van der Waals surface area (Å²) < 4.78 is 27.9. The maximum atomic E-state index is 13.5. The first-order chi connectivity index (χ1) is 17.8. The summed E-state index contributed by atoms with van der Waals surface area (Å²) in [6.45, 7) is 4.74. The topological polar surface area (TPSA) is 86.8 Å². The highest BCUT2D eigenvalue weighted by Crippen LogP contribution is 2.42. The first-order valence-electron chi connectivity index (χ1n) is 12.6. The highest BCUT2D eigenvalue weighted by atomic mass is 35.5. The Labute approximate surface area is 223 Å². The molecule has 4 rings (SSSR count). The zero-order valence-corrected chi connectivity index (χ0v) is 22.7. The van der Waals surface area contributed by atoms with Crippen molar-refractivity contribution in [3.8, 4) is 0 Å². The minimum atomic E-state index is -3.69. The van der Waals surface area contributed by atoms with E-state index in [1.807, 2.05) is 50.2 Å². The van der Waals surface area contributed by atoms with Gasteiger partial charge in [0, 0.05) is 36.5 Å². The lowest BCUT2D eigenvalue weighted by molar-refractivity contribution is -0.141. The lowest BCUT2D eigenvalue weighted by Crippen LogP contribution is -2.49. The molecule has 0 aliphatic carbocycles. The molecule has 3 aromatic carbocycles. The molecule has 1 aliphatic rings. The van der Waals surface area contributed by atoms with Crippen molar-refractivity contribution in [3.05, 3.63) is 71.2 Å². The fourth-order valence-electron chi connectivity index (χ4n) is 4.81. The lowest BCUT2D eigenvalue weighted by atomic mass is 10.1. The molecular formula is C28H32ClN3O4S. The van der Waals surface area contributed by atoms with E-state index >= 15 is 0 Å².